The number of hydrogen-bond acceptors (Lipinski definition) is 6. The van der Waals surface area contributed by atoms with Crippen LogP contribution in [-0.2, 0) is 14.8 Å². The lowest BCUT2D eigenvalue weighted by atomic mass is 10.1. The van der Waals surface area contributed by atoms with Gasteiger partial charge in [-0.05, 0) is 39.0 Å². The zero-order chi connectivity index (χ0) is 20.9. The number of anilines is 2. The summed E-state index contributed by atoms with van der Waals surface area (Å²) in [6.07, 6.45) is 0. The Labute approximate surface area is 165 Å². The average molecular weight is 413 g/mol. The van der Waals surface area contributed by atoms with Gasteiger partial charge in [0.25, 0.3) is 0 Å². The van der Waals surface area contributed by atoms with Gasteiger partial charge in [0.05, 0.1) is 23.5 Å². The van der Waals surface area contributed by atoms with Crippen molar-refractivity contribution in [1.82, 2.24) is 10.2 Å². The van der Waals surface area contributed by atoms with Gasteiger partial charge in [-0.2, -0.15) is 0 Å². The number of amides is 1. The molecule has 0 bridgehead atoms. The van der Waals surface area contributed by atoms with Gasteiger partial charge in [-0.3, -0.25) is 14.4 Å². The van der Waals surface area contributed by atoms with Crippen molar-refractivity contribution in [1.29, 1.82) is 0 Å². The molecule has 1 fully saturated rings. The minimum Gasteiger partial charge on any atom is -0.478 e. The van der Waals surface area contributed by atoms with Gasteiger partial charge >= 0.3 is 5.97 Å². The molecule has 0 unspecified atom stereocenters. The zero-order valence-electron chi connectivity index (χ0n) is 16.4. The Morgan fingerprint density at radius 2 is 1.82 bits per heavy atom. The third-order valence-corrected chi connectivity index (χ3v) is 5.72. The second-order valence-electron chi connectivity index (χ2n) is 7.03. The third kappa shape index (κ3) is 6.10. The molecule has 1 aromatic carbocycles. The number of sulfonamides is 1. The number of benzene rings is 1. The van der Waals surface area contributed by atoms with Gasteiger partial charge in [0.15, 0.2) is 0 Å². The largest absolute Gasteiger partial charge is 0.478 e. The maximum atomic E-state index is 11.9. The second-order valence-corrected chi connectivity index (χ2v) is 9.04. The molecule has 28 heavy (non-hydrogen) atoms. The highest BCUT2D eigenvalue weighted by atomic mass is 32.2. The predicted octanol–water partition coefficient (Wildman–Crippen LogP) is 0.793. The van der Waals surface area contributed by atoms with Crippen LogP contribution in [-0.4, -0.2) is 74.8 Å². The topological polar surface area (TPSA) is 119 Å². The number of piperazine rings is 1. The summed E-state index contributed by atoms with van der Waals surface area (Å²) in [7, 11) is -3.48. The van der Waals surface area contributed by atoms with Crippen LogP contribution in [0.1, 0.15) is 31.1 Å². The van der Waals surface area contributed by atoms with E-state index in [1.165, 1.54) is 13.0 Å². The Morgan fingerprint density at radius 1 is 1.18 bits per heavy atom. The molecule has 10 heteroatoms. The number of carboxylic acid groups (broad SMARTS) is 1. The third-order valence-electron chi connectivity index (χ3n) is 4.41. The number of hydrogen-bond donors (Lipinski definition) is 3. The van der Waals surface area contributed by atoms with Gasteiger partial charge in [-0.15, -0.1) is 0 Å². The molecule has 1 aromatic rings. The highest BCUT2D eigenvalue weighted by Crippen LogP contribution is 2.26. The van der Waals surface area contributed by atoms with E-state index >= 15 is 0 Å². The summed E-state index contributed by atoms with van der Waals surface area (Å²) in [5.74, 6) is -1.24. The number of nitrogens with zero attached hydrogens (tertiary/aromatic N) is 2. The fraction of sp³-hybridized carbons (Fsp3) is 0.556. The first kappa shape index (κ1) is 22.0. The quantitative estimate of drug-likeness (QED) is 0.578. The van der Waals surface area contributed by atoms with E-state index in [0.717, 1.165) is 0 Å². The summed E-state index contributed by atoms with van der Waals surface area (Å²) in [5, 5.41) is 12.4. The van der Waals surface area contributed by atoms with E-state index in [2.05, 4.69) is 10.0 Å². The first-order chi connectivity index (χ1) is 13.1. The highest BCUT2D eigenvalue weighted by molar-refractivity contribution is 7.92. The van der Waals surface area contributed by atoms with Crippen LogP contribution in [0, 0.1) is 0 Å². The summed E-state index contributed by atoms with van der Waals surface area (Å²) in [6, 6.07) is 4.62. The molecular weight excluding hydrogens is 384 g/mol. The summed E-state index contributed by atoms with van der Waals surface area (Å²) in [4.78, 5) is 27.6. The molecule has 1 heterocycles. The van der Waals surface area contributed by atoms with E-state index in [9.17, 15) is 23.1 Å². The SMILES string of the molecule is CCS(=O)(=O)Nc1ccc(N2CCN(CC(=O)NC(C)C)CC2)c(C(=O)O)c1. The van der Waals surface area contributed by atoms with Crippen LogP contribution in [0.5, 0.6) is 0 Å². The van der Waals surface area contributed by atoms with Gasteiger partial charge in [-0.25, -0.2) is 13.2 Å². The number of carbonyl (C=O) groups is 2. The Kier molecular flexibility index (Phi) is 7.25. The normalized spacial score (nSPS) is 15.5. The number of carbonyl (C=O) groups excluding carboxylic acids is 1. The fourth-order valence-corrected chi connectivity index (χ4v) is 3.65. The van der Waals surface area contributed by atoms with Crippen LogP contribution in [0.3, 0.4) is 0 Å². The van der Waals surface area contributed by atoms with E-state index < -0.39 is 16.0 Å². The summed E-state index contributed by atoms with van der Waals surface area (Å²) >= 11 is 0. The van der Waals surface area contributed by atoms with Crippen molar-refractivity contribution < 1.29 is 23.1 Å². The van der Waals surface area contributed by atoms with Crippen LogP contribution >= 0.6 is 0 Å². The van der Waals surface area contributed by atoms with Crippen LogP contribution in [0.2, 0.25) is 0 Å². The molecule has 0 aliphatic carbocycles. The minimum absolute atomic E-state index is 0.0257. The van der Waals surface area contributed by atoms with E-state index in [1.807, 2.05) is 23.6 Å². The lowest BCUT2D eigenvalue weighted by Crippen LogP contribution is -2.50. The molecule has 156 valence electrons. The molecule has 2 rings (SSSR count). The van der Waals surface area contributed by atoms with Gasteiger partial charge in [0.2, 0.25) is 15.9 Å². The van der Waals surface area contributed by atoms with Gasteiger partial charge in [0, 0.05) is 37.9 Å². The minimum atomic E-state index is -3.48. The van der Waals surface area contributed by atoms with Crippen LogP contribution in [0.25, 0.3) is 0 Å². The van der Waals surface area contributed by atoms with E-state index in [0.29, 0.717) is 38.4 Å². The highest BCUT2D eigenvalue weighted by Gasteiger charge is 2.23. The lowest BCUT2D eigenvalue weighted by Gasteiger charge is -2.36. The lowest BCUT2D eigenvalue weighted by molar-refractivity contribution is -0.122. The molecule has 0 spiro atoms. The fourth-order valence-electron chi connectivity index (χ4n) is 3.02. The smallest absolute Gasteiger partial charge is 0.337 e. The second kappa shape index (κ2) is 9.24. The molecule has 1 saturated heterocycles. The Bertz CT molecular complexity index is 817. The molecule has 0 radical (unpaired) electrons. The van der Waals surface area contributed by atoms with Gasteiger partial charge < -0.3 is 15.3 Å². The Hall–Kier alpha value is -2.33. The molecule has 9 nitrogen and oxygen atoms in total. The maximum Gasteiger partial charge on any atom is 0.337 e. The molecule has 0 saturated carbocycles. The number of aromatic carboxylic acids is 1. The molecule has 3 N–H and O–H groups in total. The van der Waals surface area contributed by atoms with Gasteiger partial charge in [-0.1, -0.05) is 0 Å². The molecule has 0 aromatic heterocycles. The van der Waals surface area contributed by atoms with Crippen molar-refractivity contribution in [2.75, 3.05) is 48.1 Å². The van der Waals surface area contributed by atoms with E-state index in [4.69, 9.17) is 0 Å². The van der Waals surface area contributed by atoms with Crippen molar-refractivity contribution in [3.63, 3.8) is 0 Å². The molecule has 1 amide bonds. The molecule has 0 atom stereocenters. The Balaban J connectivity index is 2.07. The number of nitrogens with one attached hydrogen (secondary N) is 2. The van der Waals surface area contributed by atoms with Crippen LogP contribution < -0.4 is 14.9 Å². The molecular formula is C18H28N4O5S. The first-order valence-corrected chi connectivity index (χ1v) is 10.9. The zero-order valence-corrected chi connectivity index (χ0v) is 17.3. The van der Waals surface area contributed by atoms with Gasteiger partial charge in [0.1, 0.15) is 0 Å². The van der Waals surface area contributed by atoms with Crippen LogP contribution in [0.4, 0.5) is 11.4 Å². The van der Waals surface area contributed by atoms with E-state index in [1.54, 1.807) is 12.1 Å². The van der Waals surface area contributed by atoms with Crippen molar-refractivity contribution in [2.45, 2.75) is 26.8 Å². The maximum absolute atomic E-state index is 11.9. The van der Waals surface area contributed by atoms with Crippen molar-refractivity contribution in [2.24, 2.45) is 0 Å². The molecule has 1 aliphatic heterocycles. The summed E-state index contributed by atoms with van der Waals surface area (Å²) in [5.41, 5.74) is 0.813. The van der Waals surface area contributed by atoms with Crippen molar-refractivity contribution in [3.05, 3.63) is 23.8 Å². The predicted molar refractivity (Wildman–Crippen MR) is 108 cm³/mol. The van der Waals surface area contributed by atoms with Crippen LogP contribution in [0.15, 0.2) is 18.2 Å². The molecule has 1 aliphatic rings. The first-order valence-electron chi connectivity index (χ1n) is 9.25. The van der Waals surface area contributed by atoms with Crippen molar-refractivity contribution in [3.8, 4) is 0 Å². The standard InChI is InChI=1S/C18H28N4O5S/c1-4-28(26,27)20-14-5-6-16(15(11-14)18(24)25)22-9-7-21(8-10-22)12-17(23)19-13(2)3/h5-6,11,13,20H,4,7-10,12H2,1-3H3,(H,19,23)(H,24,25). The summed E-state index contributed by atoms with van der Waals surface area (Å²) in [6.45, 7) is 8.07. The monoisotopic (exact) mass is 412 g/mol. The average Bonchev–Trinajstić information content (AvgIpc) is 2.61. The van der Waals surface area contributed by atoms with E-state index in [-0.39, 0.29) is 29.0 Å². The Morgan fingerprint density at radius 3 is 2.36 bits per heavy atom. The number of rotatable bonds is 8. The van der Waals surface area contributed by atoms with Crippen molar-refractivity contribution >= 4 is 33.3 Å². The number of carboxylic acids is 1. The summed E-state index contributed by atoms with van der Waals surface area (Å²) < 4.78 is 25.8.